The number of nitrogens with zero attached hydrogens (tertiary/aromatic N) is 3. The molecule has 0 amide bonds. The Balaban J connectivity index is 2.35. The molecule has 0 bridgehead atoms. The van der Waals surface area contributed by atoms with Crippen molar-refractivity contribution in [2.45, 2.75) is 19.8 Å². The van der Waals surface area contributed by atoms with Gasteiger partial charge in [0.1, 0.15) is 5.52 Å². The second-order valence-electron chi connectivity index (χ2n) is 3.56. The van der Waals surface area contributed by atoms with E-state index < -0.39 is 5.97 Å². The molecule has 5 heteroatoms. The van der Waals surface area contributed by atoms with Gasteiger partial charge in [-0.2, -0.15) is 0 Å². The number of aryl methyl sites for hydroxylation is 2. The number of para-hydroxylation sites is 1. The number of carbonyl (C=O) groups is 1. The molecule has 0 aliphatic carbocycles. The van der Waals surface area contributed by atoms with E-state index in [1.165, 1.54) is 0 Å². The van der Waals surface area contributed by atoms with Gasteiger partial charge in [0, 0.05) is 6.42 Å². The summed E-state index contributed by atoms with van der Waals surface area (Å²) in [5.41, 5.74) is 2.54. The number of hydrogen-bond acceptors (Lipinski definition) is 4. The normalized spacial score (nSPS) is 10.6. The van der Waals surface area contributed by atoms with Gasteiger partial charge in [-0.3, -0.25) is 4.79 Å². The van der Waals surface area contributed by atoms with E-state index in [1.54, 1.807) is 0 Å². The molecule has 1 heterocycles. The Morgan fingerprint density at radius 2 is 2.19 bits per heavy atom. The van der Waals surface area contributed by atoms with Crippen LogP contribution in [0.25, 0.3) is 11.0 Å². The topological polar surface area (TPSA) is 76.0 Å². The third kappa shape index (κ3) is 2.13. The fraction of sp³-hybridized carbons (Fsp3) is 0.273. The highest BCUT2D eigenvalue weighted by Gasteiger charge is 2.05. The zero-order chi connectivity index (χ0) is 11.5. The van der Waals surface area contributed by atoms with Gasteiger partial charge in [0.05, 0.1) is 11.9 Å². The Hall–Kier alpha value is -2.04. The lowest BCUT2D eigenvalue weighted by Crippen LogP contribution is -2.03. The molecule has 0 aliphatic heterocycles. The van der Waals surface area contributed by atoms with Gasteiger partial charge in [-0.15, -0.1) is 10.2 Å². The van der Waals surface area contributed by atoms with Crippen molar-refractivity contribution in [3.05, 3.63) is 29.6 Å². The van der Waals surface area contributed by atoms with E-state index in [0.717, 1.165) is 16.6 Å². The summed E-state index contributed by atoms with van der Waals surface area (Å²) in [7, 11) is 0. The van der Waals surface area contributed by atoms with Crippen LogP contribution in [0.4, 0.5) is 0 Å². The highest BCUT2D eigenvalue weighted by molar-refractivity contribution is 5.76. The molecule has 1 aromatic heterocycles. The van der Waals surface area contributed by atoms with Crippen molar-refractivity contribution < 1.29 is 9.90 Å². The molecule has 1 N–H and O–H groups in total. The van der Waals surface area contributed by atoms with Crippen LogP contribution in [0.3, 0.4) is 0 Å². The molecule has 2 aromatic rings. The van der Waals surface area contributed by atoms with Crippen LogP contribution < -0.4 is 0 Å². The Kier molecular flexibility index (Phi) is 2.76. The lowest BCUT2D eigenvalue weighted by Gasteiger charge is -2.01. The van der Waals surface area contributed by atoms with Crippen LogP contribution in [-0.4, -0.2) is 26.3 Å². The summed E-state index contributed by atoms with van der Waals surface area (Å²) >= 11 is 0. The van der Waals surface area contributed by atoms with Gasteiger partial charge in [-0.1, -0.05) is 12.1 Å². The second-order valence-corrected chi connectivity index (χ2v) is 3.56. The van der Waals surface area contributed by atoms with Crippen molar-refractivity contribution in [2.24, 2.45) is 0 Å². The smallest absolute Gasteiger partial charge is 0.303 e. The number of carboxylic acids is 1. The van der Waals surface area contributed by atoms with Crippen molar-refractivity contribution in [2.75, 3.05) is 0 Å². The van der Waals surface area contributed by atoms with Gasteiger partial charge < -0.3 is 5.11 Å². The Morgan fingerprint density at radius 1 is 1.38 bits per heavy atom. The largest absolute Gasteiger partial charge is 0.481 e. The molecule has 0 saturated heterocycles. The molecule has 0 unspecified atom stereocenters. The van der Waals surface area contributed by atoms with Gasteiger partial charge in [0.25, 0.3) is 0 Å². The lowest BCUT2D eigenvalue weighted by molar-refractivity contribution is -0.137. The molecule has 0 fully saturated rings. The van der Waals surface area contributed by atoms with Crippen LogP contribution in [0.2, 0.25) is 0 Å². The molecule has 5 nitrogen and oxygen atoms in total. The molecule has 0 aliphatic rings. The monoisotopic (exact) mass is 217 g/mol. The Bertz CT molecular complexity index is 540. The first-order valence-electron chi connectivity index (χ1n) is 4.97. The minimum absolute atomic E-state index is 0.0269. The number of hydrogen-bond donors (Lipinski definition) is 1. The summed E-state index contributed by atoms with van der Waals surface area (Å²) in [4.78, 5) is 14.7. The van der Waals surface area contributed by atoms with Crippen molar-refractivity contribution in [1.82, 2.24) is 15.2 Å². The van der Waals surface area contributed by atoms with E-state index >= 15 is 0 Å². The van der Waals surface area contributed by atoms with Crippen molar-refractivity contribution >= 4 is 17.0 Å². The number of fused-ring (bicyclic) bond motifs is 1. The maximum atomic E-state index is 10.4. The third-order valence-corrected chi connectivity index (χ3v) is 2.29. The zero-order valence-electron chi connectivity index (χ0n) is 8.84. The summed E-state index contributed by atoms with van der Waals surface area (Å²) in [6, 6.07) is 5.67. The minimum atomic E-state index is -0.853. The van der Waals surface area contributed by atoms with Crippen LogP contribution in [0, 0.1) is 6.92 Å². The van der Waals surface area contributed by atoms with Crippen molar-refractivity contribution in [3.8, 4) is 0 Å². The molecule has 16 heavy (non-hydrogen) atoms. The molecule has 0 atom stereocenters. The van der Waals surface area contributed by atoms with E-state index in [0.29, 0.717) is 12.2 Å². The minimum Gasteiger partial charge on any atom is -0.481 e. The molecule has 1 aromatic carbocycles. The van der Waals surface area contributed by atoms with E-state index in [1.807, 2.05) is 25.1 Å². The summed E-state index contributed by atoms with van der Waals surface area (Å²) in [6.07, 6.45) is 0.339. The van der Waals surface area contributed by atoms with E-state index in [2.05, 4.69) is 15.2 Å². The predicted octanol–water partition coefficient (Wildman–Crippen LogP) is 1.35. The fourth-order valence-corrected chi connectivity index (χ4v) is 1.46. The lowest BCUT2D eigenvalue weighted by atomic mass is 10.2. The van der Waals surface area contributed by atoms with E-state index in [-0.39, 0.29) is 6.42 Å². The number of benzene rings is 1. The van der Waals surface area contributed by atoms with Crippen LogP contribution in [0.5, 0.6) is 0 Å². The van der Waals surface area contributed by atoms with Crippen LogP contribution in [0.1, 0.15) is 17.8 Å². The quantitative estimate of drug-likeness (QED) is 0.839. The van der Waals surface area contributed by atoms with Gasteiger partial charge in [-0.25, -0.2) is 4.98 Å². The van der Waals surface area contributed by atoms with Gasteiger partial charge in [-0.05, 0) is 18.6 Å². The van der Waals surface area contributed by atoms with E-state index in [9.17, 15) is 4.79 Å². The molecule has 82 valence electrons. The fourth-order valence-electron chi connectivity index (χ4n) is 1.46. The van der Waals surface area contributed by atoms with Gasteiger partial charge in [0.2, 0.25) is 0 Å². The average molecular weight is 217 g/mol. The summed E-state index contributed by atoms with van der Waals surface area (Å²) in [6.45, 7) is 1.94. The molecule has 0 spiro atoms. The highest BCUT2D eigenvalue weighted by Crippen LogP contribution is 2.12. The molecule has 0 radical (unpaired) electrons. The zero-order valence-corrected chi connectivity index (χ0v) is 8.84. The standard InChI is InChI=1S/C11H11N3O2/c1-7-3-2-4-8-11(7)12-9(14-13-8)5-6-10(15)16/h2-4H,5-6H2,1H3,(H,15,16). The van der Waals surface area contributed by atoms with Crippen molar-refractivity contribution in [3.63, 3.8) is 0 Å². The third-order valence-electron chi connectivity index (χ3n) is 2.29. The summed E-state index contributed by atoms with van der Waals surface area (Å²) in [5.74, 6) is -0.377. The van der Waals surface area contributed by atoms with Crippen LogP contribution >= 0.6 is 0 Å². The average Bonchev–Trinajstić information content (AvgIpc) is 2.27. The summed E-state index contributed by atoms with van der Waals surface area (Å²) in [5, 5.41) is 16.5. The number of aromatic nitrogens is 3. The molecule has 0 saturated carbocycles. The van der Waals surface area contributed by atoms with Crippen LogP contribution in [0.15, 0.2) is 18.2 Å². The summed E-state index contributed by atoms with van der Waals surface area (Å²) < 4.78 is 0. The second kappa shape index (κ2) is 4.22. The van der Waals surface area contributed by atoms with Crippen LogP contribution in [-0.2, 0) is 11.2 Å². The Labute approximate surface area is 92.2 Å². The predicted molar refractivity (Wildman–Crippen MR) is 58.0 cm³/mol. The van der Waals surface area contributed by atoms with Gasteiger partial charge in [0.15, 0.2) is 5.82 Å². The number of rotatable bonds is 3. The maximum absolute atomic E-state index is 10.4. The molecule has 2 rings (SSSR count). The van der Waals surface area contributed by atoms with E-state index in [4.69, 9.17) is 5.11 Å². The number of carboxylic acid groups (broad SMARTS) is 1. The number of aliphatic carboxylic acids is 1. The maximum Gasteiger partial charge on any atom is 0.303 e. The first-order chi connectivity index (χ1) is 7.66. The molecular formula is C11H11N3O2. The first kappa shape index (κ1) is 10.5. The highest BCUT2D eigenvalue weighted by atomic mass is 16.4. The Morgan fingerprint density at radius 3 is 2.94 bits per heavy atom. The molecular weight excluding hydrogens is 206 g/mol. The van der Waals surface area contributed by atoms with Crippen molar-refractivity contribution in [1.29, 1.82) is 0 Å². The first-order valence-corrected chi connectivity index (χ1v) is 4.97. The van der Waals surface area contributed by atoms with Gasteiger partial charge >= 0.3 is 5.97 Å². The SMILES string of the molecule is Cc1cccc2nnc(CCC(=O)O)nc12.